The number of hydrogen-bond acceptors (Lipinski definition) is 2. The molecule has 64 valence electrons. The average molecular weight is 192 g/mol. The van der Waals surface area contributed by atoms with Crippen LogP contribution in [0.3, 0.4) is 0 Å². The summed E-state index contributed by atoms with van der Waals surface area (Å²) in [4.78, 5) is 0. The lowest BCUT2D eigenvalue weighted by Gasteiger charge is -1.93. The zero-order valence-electron chi connectivity index (χ0n) is 6.75. The molecule has 2 aromatic rings. The van der Waals surface area contributed by atoms with Gasteiger partial charge < -0.3 is 4.42 Å². The number of halogens is 1. The van der Waals surface area contributed by atoms with Gasteiger partial charge in [0, 0.05) is 10.9 Å². The third-order valence-electron chi connectivity index (χ3n) is 1.89. The number of fused-ring (bicyclic) bond motifs is 1. The predicted molar refractivity (Wildman–Crippen MR) is 50.5 cm³/mol. The van der Waals surface area contributed by atoms with Crippen molar-refractivity contribution in [2.24, 2.45) is 0 Å². The van der Waals surface area contributed by atoms with Crippen LogP contribution in [0.1, 0.15) is 5.56 Å². The maximum absolute atomic E-state index is 8.55. The first-order valence-electron chi connectivity index (χ1n) is 3.84. The molecule has 1 aromatic heterocycles. The van der Waals surface area contributed by atoms with Crippen molar-refractivity contribution in [3.05, 3.63) is 35.0 Å². The van der Waals surface area contributed by atoms with E-state index < -0.39 is 0 Å². The summed E-state index contributed by atoms with van der Waals surface area (Å²) in [5, 5.41) is 10.0. The molecule has 2 nitrogen and oxygen atoms in total. The summed E-state index contributed by atoms with van der Waals surface area (Å²) in [6.45, 7) is 0. The van der Waals surface area contributed by atoms with E-state index >= 15 is 0 Å². The standard InChI is InChI=1S/C10H6ClNO/c11-8-2-1-3-9-10(8)7(4-5-12)6-13-9/h1-3,6H,4H2. The first kappa shape index (κ1) is 8.15. The van der Waals surface area contributed by atoms with E-state index in [1.54, 1.807) is 12.3 Å². The Hall–Kier alpha value is -1.46. The molecule has 1 heterocycles. The van der Waals surface area contributed by atoms with Crippen molar-refractivity contribution in [1.82, 2.24) is 0 Å². The highest BCUT2D eigenvalue weighted by Gasteiger charge is 2.07. The van der Waals surface area contributed by atoms with E-state index in [4.69, 9.17) is 21.3 Å². The molecule has 0 unspecified atom stereocenters. The van der Waals surface area contributed by atoms with E-state index in [-0.39, 0.29) is 0 Å². The van der Waals surface area contributed by atoms with Gasteiger partial charge in [0.05, 0.1) is 23.8 Å². The molecule has 0 saturated carbocycles. The van der Waals surface area contributed by atoms with Crippen LogP contribution in [0.5, 0.6) is 0 Å². The van der Waals surface area contributed by atoms with Gasteiger partial charge in [0.15, 0.2) is 0 Å². The maximum Gasteiger partial charge on any atom is 0.135 e. The fraction of sp³-hybridized carbons (Fsp3) is 0.100. The Kier molecular flexibility index (Phi) is 1.96. The monoisotopic (exact) mass is 191 g/mol. The number of benzene rings is 1. The van der Waals surface area contributed by atoms with Crippen LogP contribution in [0.2, 0.25) is 5.02 Å². The molecule has 2 rings (SSSR count). The molecule has 0 atom stereocenters. The molecule has 3 heteroatoms. The Morgan fingerprint density at radius 1 is 1.46 bits per heavy atom. The lowest BCUT2D eigenvalue weighted by Crippen LogP contribution is -1.77. The Morgan fingerprint density at radius 2 is 2.31 bits per heavy atom. The molecule has 0 N–H and O–H groups in total. The molecule has 0 fully saturated rings. The fourth-order valence-corrected chi connectivity index (χ4v) is 1.61. The third-order valence-corrected chi connectivity index (χ3v) is 2.21. The Morgan fingerprint density at radius 3 is 3.08 bits per heavy atom. The highest BCUT2D eigenvalue weighted by atomic mass is 35.5. The Bertz CT molecular complexity index is 481. The normalized spacial score (nSPS) is 10.2. The van der Waals surface area contributed by atoms with Crippen LogP contribution < -0.4 is 0 Å². The second-order valence-electron chi connectivity index (χ2n) is 2.71. The minimum absolute atomic E-state index is 0.330. The van der Waals surface area contributed by atoms with Crippen molar-refractivity contribution in [2.45, 2.75) is 6.42 Å². The number of nitriles is 1. The molecule has 0 aliphatic carbocycles. The summed E-state index contributed by atoms with van der Waals surface area (Å²) in [7, 11) is 0. The van der Waals surface area contributed by atoms with Gasteiger partial charge in [0.2, 0.25) is 0 Å². The quantitative estimate of drug-likeness (QED) is 0.694. The predicted octanol–water partition coefficient (Wildman–Crippen LogP) is 3.15. The van der Waals surface area contributed by atoms with Crippen molar-refractivity contribution in [3.8, 4) is 6.07 Å². The van der Waals surface area contributed by atoms with Gasteiger partial charge in [-0.1, -0.05) is 17.7 Å². The van der Waals surface area contributed by atoms with Gasteiger partial charge in [-0.15, -0.1) is 0 Å². The summed E-state index contributed by atoms with van der Waals surface area (Å²) in [6.07, 6.45) is 1.91. The van der Waals surface area contributed by atoms with Crippen LogP contribution in [0.15, 0.2) is 28.9 Å². The van der Waals surface area contributed by atoms with Gasteiger partial charge in [-0.05, 0) is 12.1 Å². The van der Waals surface area contributed by atoms with Crippen molar-refractivity contribution in [3.63, 3.8) is 0 Å². The summed E-state index contributed by atoms with van der Waals surface area (Å²) < 4.78 is 5.25. The molecular formula is C10H6ClNO. The molecule has 0 bridgehead atoms. The van der Waals surface area contributed by atoms with Gasteiger partial charge in [-0.2, -0.15) is 5.26 Å². The lowest BCUT2D eigenvalue weighted by atomic mass is 10.1. The third kappa shape index (κ3) is 1.28. The van der Waals surface area contributed by atoms with Crippen LogP contribution in [-0.4, -0.2) is 0 Å². The van der Waals surface area contributed by atoms with Crippen LogP contribution in [-0.2, 0) is 6.42 Å². The van der Waals surface area contributed by atoms with Gasteiger partial charge in [0.25, 0.3) is 0 Å². The number of nitrogens with zero attached hydrogens (tertiary/aromatic N) is 1. The van der Waals surface area contributed by atoms with Gasteiger partial charge >= 0.3 is 0 Å². The SMILES string of the molecule is N#CCc1coc2cccc(Cl)c12. The van der Waals surface area contributed by atoms with Crippen molar-refractivity contribution in [2.75, 3.05) is 0 Å². The number of furan rings is 1. The van der Waals surface area contributed by atoms with Crippen LogP contribution >= 0.6 is 11.6 Å². The zero-order valence-corrected chi connectivity index (χ0v) is 7.51. The summed E-state index contributed by atoms with van der Waals surface area (Å²) in [5.41, 5.74) is 1.58. The van der Waals surface area contributed by atoms with E-state index in [0.717, 1.165) is 16.5 Å². The largest absolute Gasteiger partial charge is 0.464 e. The van der Waals surface area contributed by atoms with Crippen LogP contribution in [0.4, 0.5) is 0 Å². The molecular weight excluding hydrogens is 186 g/mol. The number of rotatable bonds is 1. The fourth-order valence-electron chi connectivity index (χ4n) is 1.32. The van der Waals surface area contributed by atoms with Gasteiger partial charge in [-0.3, -0.25) is 0 Å². The lowest BCUT2D eigenvalue weighted by molar-refractivity contribution is 0.612. The zero-order chi connectivity index (χ0) is 9.26. The second kappa shape index (κ2) is 3.12. The van der Waals surface area contributed by atoms with E-state index in [1.165, 1.54) is 0 Å². The van der Waals surface area contributed by atoms with E-state index in [9.17, 15) is 0 Å². The first-order valence-corrected chi connectivity index (χ1v) is 4.22. The number of hydrogen-bond donors (Lipinski definition) is 0. The minimum Gasteiger partial charge on any atom is -0.464 e. The maximum atomic E-state index is 8.55. The summed E-state index contributed by atoms with van der Waals surface area (Å²) in [5.74, 6) is 0. The van der Waals surface area contributed by atoms with E-state index in [2.05, 4.69) is 6.07 Å². The average Bonchev–Trinajstić information content (AvgIpc) is 2.51. The smallest absolute Gasteiger partial charge is 0.135 e. The first-order chi connectivity index (χ1) is 6.33. The highest BCUT2D eigenvalue weighted by Crippen LogP contribution is 2.28. The Labute approximate surface area is 80.3 Å². The summed E-state index contributed by atoms with van der Waals surface area (Å²) >= 11 is 5.97. The molecule has 0 saturated heterocycles. The Balaban J connectivity index is 2.73. The van der Waals surface area contributed by atoms with E-state index in [1.807, 2.05) is 12.1 Å². The second-order valence-corrected chi connectivity index (χ2v) is 3.12. The topological polar surface area (TPSA) is 36.9 Å². The summed E-state index contributed by atoms with van der Waals surface area (Å²) in [6, 6.07) is 7.52. The van der Waals surface area contributed by atoms with Crippen molar-refractivity contribution >= 4 is 22.6 Å². The highest BCUT2D eigenvalue weighted by molar-refractivity contribution is 6.35. The van der Waals surface area contributed by atoms with Crippen molar-refractivity contribution < 1.29 is 4.42 Å². The van der Waals surface area contributed by atoms with Crippen LogP contribution in [0, 0.1) is 11.3 Å². The molecule has 0 aliphatic rings. The molecule has 0 radical (unpaired) electrons. The molecule has 0 amide bonds. The molecule has 0 spiro atoms. The van der Waals surface area contributed by atoms with Crippen molar-refractivity contribution in [1.29, 1.82) is 5.26 Å². The minimum atomic E-state index is 0.330. The molecule has 1 aromatic carbocycles. The molecule has 0 aliphatic heterocycles. The van der Waals surface area contributed by atoms with Crippen LogP contribution in [0.25, 0.3) is 11.0 Å². The van der Waals surface area contributed by atoms with Gasteiger partial charge in [-0.25, -0.2) is 0 Å². The van der Waals surface area contributed by atoms with Gasteiger partial charge in [0.1, 0.15) is 5.58 Å². The van der Waals surface area contributed by atoms with E-state index in [0.29, 0.717) is 11.4 Å². The molecule has 13 heavy (non-hydrogen) atoms.